The molecule has 4 heteroatoms. The molecule has 1 aliphatic rings. The topological polar surface area (TPSA) is 37.4 Å². The van der Waals surface area contributed by atoms with Gasteiger partial charge in [0, 0.05) is 35.1 Å². The van der Waals surface area contributed by atoms with E-state index in [-0.39, 0.29) is 17.6 Å². The summed E-state index contributed by atoms with van der Waals surface area (Å²) in [6.45, 7) is 6.32. The minimum atomic E-state index is 0.0153. The van der Waals surface area contributed by atoms with Crippen LogP contribution in [-0.2, 0) is 11.2 Å². The maximum Gasteiger partial charge on any atom is 0.223 e. The molecular weight excluding hydrogens is 318 g/mol. The molecule has 0 bridgehead atoms. The van der Waals surface area contributed by atoms with E-state index in [2.05, 4.69) is 22.9 Å². The van der Waals surface area contributed by atoms with E-state index in [9.17, 15) is 9.59 Å². The summed E-state index contributed by atoms with van der Waals surface area (Å²) in [4.78, 5) is 25.9. The molecule has 1 unspecified atom stereocenters. The predicted octanol–water partition coefficient (Wildman–Crippen LogP) is 3.98. The number of ketones is 1. The van der Waals surface area contributed by atoms with Crippen molar-refractivity contribution >= 4 is 33.3 Å². The van der Waals surface area contributed by atoms with Crippen LogP contribution in [0.2, 0.25) is 0 Å². The second-order valence-corrected chi connectivity index (χ2v) is 6.29. The van der Waals surface area contributed by atoms with Gasteiger partial charge in [0.25, 0.3) is 0 Å². The summed E-state index contributed by atoms with van der Waals surface area (Å²) in [7, 11) is 0. The Bertz CT molecular complexity index is 554. The first kappa shape index (κ1) is 15.2. The molecule has 0 saturated carbocycles. The van der Waals surface area contributed by atoms with E-state index in [1.165, 1.54) is 0 Å². The molecule has 3 nitrogen and oxygen atoms in total. The minimum absolute atomic E-state index is 0.0153. The summed E-state index contributed by atoms with van der Waals surface area (Å²) in [5, 5.41) is 0. The number of carbonyl (C=O) groups excluding carboxylic acids is 2. The Balaban J connectivity index is 2.39. The second kappa shape index (κ2) is 6.08. The number of carbonyl (C=O) groups is 2. The third-order valence-electron chi connectivity index (χ3n) is 3.88. The van der Waals surface area contributed by atoms with Crippen molar-refractivity contribution in [3.63, 3.8) is 0 Å². The lowest BCUT2D eigenvalue weighted by atomic mass is 9.94. The second-order valence-electron chi connectivity index (χ2n) is 5.44. The number of nitrogens with zero attached hydrogens (tertiary/aromatic N) is 1. The molecule has 2 rings (SSSR count). The van der Waals surface area contributed by atoms with Crippen molar-refractivity contribution in [1.82, 2.24) is 0 Å². The van der Waals surface area contributed by atoms with Crippen LogP contribution >= 0.6 is 15.9 Å². The van der Waals surface area contributed by atoms with Gasteiger partial charge in [-0.3, -0.25) is 9.59 Å². The van der Waals surface area contributed by atoms with Gasteiger partial charge in [0.15, 0.2) is 5.78 Å². The standard InChI is InChI=1S/C16H20BrNO2/c1-4-5-10(2)16(20)13-9-15-12(8-14(13)17)6-7-18(15)11(3)19/h8-10H,4-7H2,1-3H3. The highest BCUT2D eigenvalue weighted by molar-refractivity contribution is 9.10. The number of hydrogen-bond acceptors (Lipinski definition) is 2. The molecule has 0 spiro atoms. The minimum Gasteiger partial charge on any atom is -0.312 e. The quantitative estimate of drug-likeness (QED) is 0.779. The first-order valence-electron chi connectivity index (χ1n) is 7.10. The SMILES string of the molecule is CCCC(C)C(=O)c1cc2c(cc1Br)CCN2C(C)=O. The Kier molecular flexibility index (Phi) is 4.63. The van der Waals surface area contributed by atoms with Crippen LogP contribution in [0.1, 0.15) is 49.5 Å². The van der Waals surface area contributed by atoms with Crippen LogP contribution in [0, 0.1) is 5.92 Å². The molecule has 0 aliphatic carbocycles. The van der Waals surface area contributed by atoms with Gasteiger partial charge in [-0.15, -0.1) is 0 Å². The predicted molar refractivity (Wildman–Crippen MR) is 84.3 cm³/mol. The first-order valence-corrected chi connectivity index (χ1v) is 7.89. The lowest BCUT2D eigenvalue weighted by molar-refractivity contribution is -0.116. The molecule has 0 radical (unpaired) electrons. The van der Waals surface area contributed by atoms with Gasteiger partial charge in [0.1, 0.15) is 0 Å². The molecule has 1 amide bonds. The fourth-order valence-corrected chi connectivity index (χ4v) is 3.34. The van der Waals surface area contributed by atoms with E-state index in [0.29, 0.717) is 12.1 Å². The van der Waals surface area contributed by atoms with Crippen molar-refractivity contribution in [3.8, 4) is 0 Å². The molecule has 1 aromatic rings. The van der Waals surface area contributed by atoms with Crippen molar-refractivity contribution in [2.75, 3.05) is 11.4 Å². The molecule has 1 heterocycles. The van der Waals surface area contributed by atoms with Gasteiger partial charge < -0.3 is 4.90 Å². The molecule has 1 aromatic carbocycles. The third-order valence-corrected chi connectivity index (χ3v) is 4.53. The van der Waals surface area contributed by atoms with Crippen LogP contribution in [-0.4, -0.2) is 18.2 Å². The lowest BCUT2D eigenvalue weighted by Gasteiger charge is -2.17. The molecule has 108 valence electrons. The summed E-state index contributed by atoms with van der Waals surface area (Å²) >= 11 is 3.50. The van der Waals surface area contributed by atoms with Gasteiger partial charge in [-0.1, -0.05) is 36.2 Å². The fourth-order valence-electron chi connectivity index (χ4n) is 2.75. The van der Waals surface area contributed by atoms with Gasteiger partial charge in [0.05, 0.1) is 0 Å². The highest BCUT2D eigenvalue weighted by Gasteiger charge is 2.26. The van der Waals surface area contributed by atoms with E-state index >= 15 is 0 Å². The first-order chi connectivity index (χ1) is 9.45. The fraction of sp³-hybridized carbons (Fsp3) is 0.500. The Labute approximate surface area is 128 Å². The van der Waals surface area contributed by atoms with E-state index in [4.69, 9.17) is 0 Å². The van der Waals surface area contributed by atoms with Gasteiger partial charge in [0.2, 0.25) is 5.91 Å². The highest BCUT2D eigenvalue weighted by Crippen LogP contribution is 2.34. The van der Waals surface area contributed by atoms with Crippen LogP contribution in [0.25, 0.3) is 0 Å². The van der Waals surface area contributed by atoms with Crippen LogP contribution in [0.4, 0.5) is 5.69 Å². The molecule has 0 fully saturated rings. The summed E-state index contributed by atoms with van der Waals surface area (Å²) < 4.78 is 0.842. The summed E-state index contributed by atoms with van der Waals surface area (Å²) in [6, 6.07) is 3.87. The zero-order valence-corrected chi connectivity index (χ0v) is 13.8. The lowest BCUT2D eigenvalue weighted by Crippen LogP contribution is -2.26. The number of amides is 1. The van der Waals surface area contributed by atoms with Gasteiger partial charge in [-0.05, 0) is 30.5 Å². The number of halogens is 1. The number of fused-ring (bicyclic) bond motifs is 1. The van der Waals surface area contributed by atoms with E-state index in [1.54, 1.807) is 11.8 Å². The monoisotopic (exact) mass is 337 g/mol. The van der Waals surface area contributed by atoms with Crippen LogP contribution in [0.5, 0.6) is 0 Å². The molecule has 20 heavy (non-hydrogen) atoms. The summed E-state index contributed by atoms with van der Waals surface area (Å²) in [6.07, 6.45) is 2.74. The van der Waals surface area contributed by atoms with Crippen LogP contribution in [0.3, 0.4) is 0 Å². The van der Waals surface area contributed by atoms with Crippen molar-refractivity contribution in [3.05, 3.63) is 27.7 Å². The number of anilines is 1. The molecule has 0 N–H and O–H groups in total. The number of rotatable bonds is 4. The Morgan fingerprint density at radius 3 is 2.70 bits per heavy atom. The van der Waals surface area contributed by atoms with Gasteiger partial charge in [-0.25, -0.2) is 0 Å². The largest absolute Gasteiger partial charge is 0.312 e. The zero-order chi connectivity index (χ0) is 14.9. The van der Waals surface area contributed by atoms with Crippen molar-refractivity contribution in [2.45, 2.75) is 40.0 Å². The molecule has 0 saturated heterocycles. The number of benzene rings is 1. The molecular formula is C16H20BrNO2. The normalized spacial score (nSPS) is 15.1. The molecule has 1 atom stereocenters. The van der Waals surface area contributed by atoms with Crippen molar-refractivity contribution in [2.24, 2.45) is 5.92 Å². The average molecular weight is 338 g/mol. The van der Waals surface area contributed by atoms with Crippen molar-refractivity contribution in [1.29, 1.82) is 0 Å². The van der Waals surface area contributed by atoms with Gasteiger partial charge in [-0.2, -0.15) is 0 Å². The Hall–Kier alpha value is -1.16. The smallest absolute Gasteiger partial charge is 0.223 e. The van der Waals surface area contributed by atoms with E-state index in [1.807, 2.05) is 19.1 Å². The zero-order valence-electron chi connectivity index (χ0n) is 12.2. The molecule has 0 aromatic heterocycles. The highest BCUT2D eigenvalue weighted by atomic mass is 79.9. The van der Waals surface area contributed by atoms with Crippen LogP contribution in [0.15, 0.2) is 16.6 Å². The number of Topliss-reactive ketones (excluding diaryl/α,β-unsaturated/α-hetero) is 1. The van der Waals surface area contributed by atoms with Crippen LogP contribution < -0.4 is 4.90 Å². The number of hydrogen-bond donors (Lipinski definition) is 0. The third kappa shape index (κ3) is 2.80. The summed E-state index contributed by atoms with van der Waals surface area (Å²) in [5.41, 5.74) is 2.72. The van der Waals surface area contributed by atoms with E-state index < -0.39 is 0 Å². The molecule has 1 aliphatic heterocycles. The average Bonchev–Trinajstić information content (AvgIpc) is 2.79. The maximum absolute atomic E-state index is 12.5. The summed E-state index contributed by atoms with van der Waals surface area (Å²) in [5.74, 6) is 0.199. The van der Waals surface area contributed by atoms with Gasteiger partial charge >= 0.3 is 0 Å². The van der Waals surface area contributed by atoms with Crippen molar-refractivity contribution < 1.29 is 9.59 Å². The van der Waals surface area contributed by atoms with E-state index in [0.717, 1.165) is 35.0 Å². The Morgan fingerprint density at radius 1 is 1.40 bits per heavy atom. The Morgan fingerprint density at radius 2 is 2.10 bits per heavy atom. The maximum atomic E-state index is 12.5.